The SMILES string of the molecule is NCC(CO)(CC1CCCO1)C1CC1. The first-order valence-electron chi connectivity index (χ1n) is 5.73. The van der Waals surface area contributed by atoms with E-state index in [1.165, 1.54) is 19.3 Å². The third-order valence-corrected chi connectivity index (χ3v) is 3.82. The molecule has 2 fully saturated rings. The van der Waals surface area contributed by atoms with Gasteiger partial charge < -0.3 is 15.6 Å². The van der Waals surface area contributed by atoms with E-state index in [1.807, 2.05) is 0 Å². The van der Waals surface area contributed by atoms with Gasteiger partial charge in [-0.2, -0.15) is 0 Å². The van der Waals surface area contributed by atoms with E-state index in [9.17, 15) is 5.11 Å². The van der Waals surface area contributed by atoms with Crippen LogP contribution in [0.4, 0.5) is 0 Å². The maximum atomic E-state index is 9.51. The summed E-state index contributed by atoms with van der Waals surface area (Å²) in [5.74, 6) is 0.654. The Morgan fingerprint density at radius 2 is 2.14 bits per heavy atom. The summed E-state index contributed by atoms with van der Waals surface area (Å²) in [6, 6.07) is 0. The standard InChI is InChI=1S/C11H21NO2/c12-7-11(8-13,9-3-4-9)6-10-2-1-5-14-10/h9-10,13H,1-8,12H2. The van der Waals surface area contributed by atoms with Crippen LogP contribution >= 0.6 is 0 Å². The lowest BCUT2D eigenvalue weighted by Crippen LogP contribution is -2.39. The summed E-state index contributed by atoms with van der Waals surface area (Å²) < 4.78 is 5.62. The van der Waals surface area contributed by atoms with E-state index in [2.05, 4.69) is 0 Å². The van der Waals surface area contributed by atoms with Crippen LogP contribution in [-0.4, -0.2) is 31.0 Å². The Balaban J connectivity index is 1.94. The molecule has 0 spiro atoms. The lowest BCUT2D eigenvalue weighted by atomic mass is 9.78. The van der Waals surface area contributed by atoms with E-state index in [4.69, 9.17) is 10.5 Å². The summed E-state index contributed by atoms with van der Waals surface area (Å²) in [7, 11) is 0. The molecule has 14 heavy (non-hydrogen) atoms. The van der Waals surface area contributed by atoms with Crippen molar-refractivity contribution in [3.63, 3.8) is 0 Å². The van der Waals surface area contributed by atoms with Gasteiger partial charge >= 0.3 is 0 Å². The second kappa shape index (κ2) is 4.17. The monoisotopic (exact) mass is 199 g/mol. The van der Waals surface area contributed by atoms with Crippen LogP contribution in [0.15, 0.2) is 0 Å². The summed E-state index contributed by atoms with van der Waals surface area (Å²) in [5.41, 5.74) is 5.79. The number of hydrogen-bond donors (Lipinski definition) is 2. The molecule has 1 saturated carbocycles. The van der Waals surface area contributed by atoms with Gasteiger partial charge in [-0.15, -0.1) is 0 Å². The molecule has 1 heterocycles. The highest BCUT2D eigenvalue weighted by atomic mass is 16.5. The fraction of sp³-hybridized carbons (Fsp3) is 1.00. The third-order valence-electron chi connectivity index (χ3n) is 3.82. The van der Waals surface area contributed by atoms with Gasteiger partial charge in [-0.3, -0.25) is 0 Å². The minimum absolute atomic E-state index is 0.0327. The Bertz CT molecular complexity index is 182. The van der Waals surface area contributed by atoms with Crippen molar-refractivity contribution < 1.29 is 9.84 Å². The lowest BCUT2D eigenvalue weighted by Gasteiger charge is -2.32. The van der Waals surface area contributed by atoms with Gasteiger partial charge in [0.15, 0.2) is 0 Å². The molecule has 1 aliphatic carbocycles. The molecule has 0 radical (unpaired) electrons. The second-order valence-electron chi connectivity index (χ2n) is 4.84. The Kier molecular flexibility index (Phi) is 3.10. The molecule has 2 atom stereocenters. The number of rotatable bonds is 5. The predicted octanol–water partition coefficient (Wildman–Crippen LogP) is 0.903. The summed E-state index contributed by atoms with van der Waals surface area (Å²) in [6.45, 7) is 1.73. The Hall–Kier alpha value is -0.120. The average Bonchev–Trinajstić information content (AvgIpc) is 2.95. The van der Waals surface area contributed by atoms with Crippen molar-refractivity contribution in [3.05, 3.63) is 0 Å². The summed E-state index contributed by atoms with van der Waals surface area (Å²) >= 11 is 0. The van der Waals surface area contributed by atoms with E-state index >= 15 is 0 Å². The van der Waals surface area contributed by atoms with Gasteiger partial charge in [0, 0.05) is 18.6 Å². The molecule has 3 N–H and O–H groups in total. The smallest absolute Gasteiger partial charge is 0.0582 e. The number of aliphatic hydroxyl groups is 1. The zero-order chi connectivity index (χ0) is 10.0. The molecule has 3 heteroatoms. The second-order valence-corrected chi connectivity index (χ2v) is 4.84. The lowest BCUT2D eigenvalue weighted by molar-refractivity contribution is 0.0225. The molecule has 2 aliphatic rings. The summed E-state index contributed by atoms with van der Waals surface area (Å²) in [5, 5.41) is 9.51. The first-order chi connectivity index (χ1) is 6.80. The first kappa shape index (κ1) is 10.4. The van der Waals surface area contributed by atoms with Crippen molar-refractivity contribution in [2.75, 3.05) is 19.8 Å². The maximum Gasteiger partial charge on any atom is 0.0582 e. The molecule has 0 aromatic rings. The van der Waals surface area contributed by atoms with E-state index in [1.54, 1.807) is 0 Å². The van der Waals surface area contributed by atoms with Crippen LogP contribution < -0.4 is 5.73 Å². The van der Waals surface area contributed by atoms with Gasteiger partial charge in [0.05, 0.1) is 12.7 Å². The van der Waals surface area contributed by atoms with E-state index in [0.29, 0.717) is 18.6 Å². The van der Waals surface area contributed by atoms with Crippen molar-refractivity contribution in [1.82, 2.24) is 0 Å². The minimum Gasteiger partial charge on any atom is -0.396 e. The van der Waals surface area contributed by atoms with Crippen molar-refractivity contribution >= 4 is 0 Å². The van der Waals surface area contributed by atoms with Crippen molar-refractivity contribution in [2.45, 2.75) is 38.2 Å². The molecular formula is C11H21NO2. The Morgan fingerprint density at radius 1 is 1.36 bits per heavy atom. The number of ether oxygens (including phenoxy) is 1. The topological polar surface area (TPSA) is 55.5 Å². The van der Waals surface area contributed by atoms with Crippen LogP contribution in [0.3, 0.4) is 0 Å². The quantitative estimate of drug-likeness (QED) is 0.691. The highest BCUT2D eigenvalue weighted by molar-refractivity contribution is 4.96. The largest absolute Gasteiger partial charge is 0.396 e. The molecule has 0 aromatic carbocycles. The van der Waals surface area contributed by atoms with E-state index in [-0.39, 0.29) is 12.0 Å². The zero-order valence-corrected chi connectivity index (χ0v) is 8.74. The summed E-state index contributed by atoms with van der Waals surface area (Å²) in [6.07, 6.45) is 6.11. The van der Waals surface area contributed by atoms with Crippen LogP contribution in [0.5, 0.6) is 0 Å². The fourth-order valence-electron chi connectivity index (χ4n) is 2.63. The fourth-order valence-corrected chi connectivity index (χ4v) is 2.63. The van der Waals surface area contributed by atoms with Crippen molar-refractivity contribution in [1.29, 1.82) is 0 Å². The predicted molar refractivity (Wildman–Crippen MR) is 54.9 cm³/mol. The average molecular weight is 199 g/mol. The highest BCUT2D eigenvalue weighted by Crippen LogP contribution is 2.48. The molecule has 3 nitrogen and oxygen atoms in total. The molecule has 1 aliphatic heterocycles. The zero-order valence-electron chi connectivity index (χ0n) is 8.74. The van der Waals surface area contributed by atoms with Gasteiger partial charge in [0.25, 0.3) is 0 Å². The normalized spacial score (nSPS) is 31.7. The van der Waals surface area contributed by atoms with Gasteiger partial charge in [0.1, 0.15) is 0 Å². The molecule has 2 unspecified atom stereocenters. The molecule has 1 saturated heterocycles. The minimum atomic E-state index is -0.0327. The van der Waals surface area contributed by atoms with Crippen LogP contribution in [0, 0.1) is 11.3 Å². The van der Waals surface area contributed by atoms with Gasteiger partial charge in [-0.25, -0.2) is 0 Å². The number of aliphatic hydroxyl groups excluding tert-OH is 1. The first-order valence-corrected chi connectivity index (χ1v) is 5.73. The highest BCUT2D eigenvalue weighted by Gasteiger charge is 2.45. The molecule has 0 amide bonds. The Labute approximate surface area is 85.6 Å². The maximum absolute atomic E-state index is 9.51. The van der Waals surface area contributed by atoms with Crippen LogP contribution in [0.25, 0.3) is 0 Å². The van der Waals surface area contributed by atoms with Gasteiger partial charge in [-0.05, 0) is 38.0 Å². The van der Waals surface area contributed by atoms with Crippen LogP contribution in [-0.2, 0) is 4.74 Å². The third kappa shape index (κ3) is 1.95. The van der Waals surface area contributed by atoms with E-state index < -0.39 is 0 Å². The molecular weight excluding hydrogens is 178 g/mol. The van der Waals surface area contributed by atoms with Gasteiger partial charge in [0.2, 0.25) is 0 Å². The van der Waals surface area contributed by atoms with Gasteiger partial charge in [-0.1, -0.05) is 0 Å². The molecule has 0 aromatic heterocycles. The van der Waals surface area contributed by atoms with Crippen molar-refractivity contribution in [3.8, 4) is 0 Å². The molecule has 2 rings (SSSR count). The Morgan fingerprint density at radius 3 is 2.57 bits per heavy atom. The van der Waals surface area contributed by atoms with Crippen LogP contribution in [0.2, 0.25) is 0 Å². The summed E-state index contributed by atoms with van der Waals surface area (Å²) in [4.78, 5) is 0. The molecule has 0 bridgehead atoms. The van der Waals surface area contributed by atoms with Crippen molar-refractivity contribution in [2.24, 2.45) is 17.1 Å². The van der Waals surface area contributed by atoms with E-state index in [0.717, 1.165) is 19.4 Å². The van der Waals surface area contributed by atoms with Crippen LogP contribution in [0.1, 0.15) is 32.1 Å². The molecule has 82 valence electrons. The number of nitrogens with two attached hydrogens (primary N) is 1. The number of hydrogen-bond acceptors (Lipinski definition) is 3.